The minimum atomic E-state index is -0.790. The summed E-state index contributed by atoms with van der Waals surface area (Å²) in [6, 6.07) is 4.64. The van der Waals surface area contributed by atoms with Gasteiger partial charge in [0, 0.05) is 5.41 Å². The maximum atomic E-state index is 13.1. The topological polar surface area (TPSA) is 93.7 Å². The van der Waals surface area contributed by atoms with Gasteiger partial charge in [0.15, 0.2) is 6.61 Å². The van der Waals surface area contributed by atoms with Crippen LogP contribution < -0.4 is 15.4 Å². The van der Waals surface area contributed by atoms with E-state index in [1.807, 2.05) is 13.0 Å². The third-order valence-electron chi connectivity index (χ3n) is 7.20. The van der Waals surface area contributed by atoms with Gasteiger partial charge >= 0.3 is 5.97 Å². The number of methoxy groups -OCH3 is 1. The lowest BCUT2D eigenvalue weighted by Gasteiger charge is -2.55. The van der Waals surface area contributed by atoms with Crippen molar-refractivity contribution < 1.29 is 23.9 Å². The highest BCUT2D eigenvalue weighted by Gasteiger charge is 2.54. The first-order valence-corrected chi connectivity index (χ1v) is 11.2. The Balaban J connectivity index is 1.28. The maximum absolute atomic E-state index is 13.1. The van der Waals surface area contributed by atoms with E-state index in [0.717, 1.165) is 24.8 Å². The van der Waals surface area contributed by atoms with Crippen LogP contribution in [0.2, 0.25) is 0 Å². The molecule has 4 fully saturated rings. The van der Waals surface area contributed by atoms with Crippen molar-refractivity contribution in [2.24, 2.45) is 23.2 Å². The third kappa shape index (κ3) is 4.55. The number of rotatable bonds is 7. The normalized spacial score (nSPS) is 29.2. The molecule has 4 bridgehead atoms. The van der Waals surface area contributed by atoms with Gasteiger partial charge in [-0.2, -0.15) is 0 Å². The molecule has 0 heterocycles. The molecule has 7 heteroatoms. The maximum Gasteiger partial charge on any atom is 0.328 e. The van der Waals surface area contributed by atoms with Crippen LogP contribution in [0.4, 0.5) is 5.69 Å². The number of carbonyl (C=O) groups is 3. The van der Waals surface area contributed by atoms with Gasteiger partial charge in [0.05, 0.1) is 12.8 Å². The molecular formula is C24H32N2O5. The molecule has 2 amide bonds. The summed E-state index contributed by atoms with van der Waals surface area (Å²) >= 11 is 0. The highest BCUT2D eigenvalue weighted by molar-refractivity contribution is 5.95. The molecule has 1 aromatic carbocycles. The van der Waals surface area contributed by atoms with Gasteiger partial charge in [-0.15, -0.1) is 0 Å². The Morgan fingerprint density at radius 1 is 1.10 bits per heavy atom. The van der Waals surface area contributed by atoms with Crippen molar-refractivity contribution in [2.45, 2.75) is 58.4 Å². The minimum absolute atomic E-state index is 0.0231. The van der Waals surface area contributed by atoms with Crippen LogP contribution in [0.3, 0.4) is 0 Å². The highest BCUT2D eigenvalue weighted by atomic mass is 16.5. The zero-order valence-corrected chi connectivity index (χ0v) is 18.5. The van der Waals surface area contributed by atoms with Crippen LogP contribution in [-0.4, -0.2) is 37.5 Å². The molecular weight excluding hydrogens is 396 g/mol. The Kier molecular flexibility index (Phi) is 5.95. The summed E-state index contributed by atoms with van der Waals surface area (Å²) in [5, 5.41) is 5.57. The molecule has 5 rings (SSSR count). The second kappa shape index (κ2) is 8.52. The fourth-order valence-electron chi connectivity index (χ4n) is 6.16. The number of esters is 1. The molecule has 0 unspecified atom stereocenters. The summed E-state index contributed by atoms with van der Waals surface area (Å²) in [5.74, 6) is 1.40. The Labute approximate surface area is 183 Å². The fourth-order valence-corrected chi connectivity index (χ4v) is 6.16. The van der Waals surface area contributed by atoms with Gasteiger partial charge in [-0.1, -0.05) is 6.07 Å². The van der Waals surface area contributed by atoms with E-state index in [1.165, 1.54) is 26.4 Å². The fraction of sp³-hybridized carbons (Fsp3) is 0.625. The van der Waals surface area contributed by atoms with Crippen LogP contribution in [0.25, 0.3) is 0 Å². The van der Waals surface area contributed by atoms with Crippen LogP contribution in [0, 0.1) is 30.1 Å². The summed E-state index contributed by atoms with van der Waals surface area (Å²) in [6.45, 7) is 3.10. The van der Waals surface area contributed by atoms with Gasteiger partial charge in [0.25, 0.3) is 5.91 Å². The minimum Gasteiger partial charge on any atom is -0.495 e. The van der Waals surface area contributed by atoms with E-state index in [4.69, 9.17) is 9.47 Å². The number of anilines is 1. The lowest BCUT2D eigenvalue weighted by atomic mass is 9.49. The van der Waals surface area contributed by atoms with E-state index in [1.54, 1.807) is 19.1 Å². The van der Waals surface area contributed by atoms with Crippen molar-refractivity contribution in [3.63, 3.8) is 0 Å². The molecule has 0 radical (unpaired) electrons. The number of hydrogen-bond acceptors (Lipinski definition) is 5. The van der Waals surface area contributed by atoms with E-state index in [2.05, 4.69) is 10.6 Å². The predicted octanol–water partition coefficient (Wildman–Crippen LogP) is 3.21. The first kappa shape index (κ1) is 21.7. The van der Waals surface area contributed by atoms with Crippen molar-refractivity contribution in [2.75, 3.05) is 19.0 Å². The van der Waals surface area contributed by atoms with Crippen LogP contribution >= 0.6 is 0 Å². The van der Waals surface area contributed by atoms with Gasteiger partial charge in [-0.05, 0) is 87.8 Å². The molecule has 4 saturated carbocycles. The molecule has 0 aromatic heterocycles. The van der Waals surface area contributed by atoms with Gasteiger partial charge in [-0.25, -0.2) is 4.79 Å². The van der Waals surface area contributed by atoms with E-state index in [-0.39, 0.29) is 11.3 Å². The Morgan fingerprint density at radius 2 is 1.71 bits per heavy atom. The molecule has 1 atom stereocenters. The molecule has 31 heavy (non-hydrogen) atoms. The number of benzene rings is 1. The van der Waals surface area contributed by atoms with Crippen molar-refractivity contribution in [3.05, 3.63) is 23.8 Å². The van der Waals surface area contributed by atoms with E-state index in [9.17, 15) is 14.4 Å². The Hall–Kier alpha value is -2.57. The lowest BCUT2D eigenvalue weighted by Crippen LogP contribution is -2.56. The van der Waals surface area contributed by atoms with Crippen molar-refractivity contribution in [1.29, 1.82) is 0 Å². The number of aryl methyl sites for hydroxylation is 1. The van der Waals surface area contributed by atoms with Gasteiger partial charge in [0.2, 0.25) is 5.91 Å². The largest absolute Gasteiger partial charge is 0.495 e. The molecule has 0 spiro atoms. The molecule has 7 nitrogen and oxygen atoms in total. The third-order valence-corrected chi connectivity index (χ3v) is 7.20. The van der Waals surface area contributed by atoms with Crippen LogP contribution in [0.15, 0.2) is 18.2 Å². The molecule has 4 aliphatic rings. The second-order valence-electron chi connectivity index (χ2n) is 9.75. The van der Waals surface area contributed by atoms with E-state index < -0.39 is 24.5 Å². The summed E-state index contributed by atoms with van der Waals surface area (Å²) < 4.78 is 10.4. The number of amides is 2. The summed E-state index contributed by atoms with van der Waals surface area (Å²) in [5.41, 5.74) is 1.17. The van der Waals surface area contributed by atoms with Gasteiger partial charge in [-0.3, -0.25) is 9.59 Å². The first-order valence-electron chi connectivity index (χ1n) is 11.2. The molecule has 168 valence electrons. The quantitative estimate of drug-likeness (QED) is 0.651. The van der Waals surface area contributed by atoms with Crippen LogP contribution in [-0.2, 0) is 19.1 Å². The molecule has 1 aromatic rings. The van der Waals surface area contributed by atoms with Crippen molar-refractivity contribution in [1.82, 2.24) is 5.32 Å². The average molecular weight is 429 g/mol. The molecule has 0 saturated heterocycles. The molecule has 0 aliphatic heterocycles. The Morgan fingerprint density at radius 3 is 2.29 bits per heavy atom. The van der Waals surface area contributed by atoms with Crippen molar-refractivity contribution in [3.8, 4) is 5.75 Å². The average Bonchev–Trinajstić information content (AvgIpc) is 2.71. The highest BCUT2D eigenvalue weighted by Crippen LogP contribution is 2.60. The number of hydrogen-bond donors (Lipinski definition) is 2. The number of nitrogens with one attached hydrogen (secondary N) is 2. The second-order valence-corrected chi connectivity index (χ2v) is 9.75. The predicted molar refractivity (Wildman–Crippen MR) is 116 cm³/mol. The van der Waals surface area contributed by atoms with Crippen LogP contribution in [0.1, 0.15) is 51.0 Å². The summed E-state index contributed by atoms with van der Waals surface area (Å²) in [4.78, 5) is 37.7. The van der Waals surface area contributed by atoms with E-state index >= 15 is 0 Å². The zero-order chi connectivity index (χ0) is 22.2. The number of ether oxygens (including phenoxy) is 2. The Bertz CT molecular complexity index is 845. The van der Waals surface area contributed by atoms with Gasteiger partial charge < -0.3 is 20.1 Å². The monoisotopic (exact) mass is 428 g/mol. The molecule has 2 N–H and O–H groups in total. The SMILES string of the molecule is COc1ccc(C)cc1NC(=O)COC(=O)[C@H](C)NC(=O)C12CC3CC(CC(C3)C1)C2. The first-order chi connectivity index (χ1) is 14.8. The summed E-state index contributed by atoms with van der Waals surface area (Å²) in [7, 11) is 1.52. The zero-order valence-electron chi connectivity index (χ0n) is 18.5. The summed E-state index contributed by atoms with van der Waals surface area (Å²) in [6.07, 6.45) is 6.58. The standard InChI is InChI=1S/C24H32N2O5/c1-14-4-5-20(30-3)19(6-14)26-21(27)13-31-22(28)15(2)25-23(29)24-10-16-7-17(11-24)9-18(8-16)12-24/h4-6,15-18H,7-13H2,1-3H3,(H,25,29)(H,26,27)/t15-,16?,17?,18?,24?/m0/s1. The van der Waals surface area contributed by atoms with E-state index in [0.29, 0.717) is 29.2 Å². The van der Waals surface area contributed by atoms with Gasteiger partial charge in [0.1, 0.15) is 11.8 Å². The smallest absolute Gasteiger partial charge is 0.328 e. The number of carbonyl (C=O) groups excluding carboxylic acids is 3. The molecule has 4 aliphatic carbocycles. The van der Waals surface area contributed by atoms with Crippen molar-refractivity contribution >= 4 is 23.5 Å². The van der Waals surface area contributed by atoms with Crippen LogP contribution in [0.5, 0.6) is 5.75 Å². The lowest BCUT2D eigenvalue weighted by molar-refractivity contribution is -0.154.